The van der Waals surface area contributed by atoms with Crippen molar-refractivity contribution in [1.82, 2.24) is 9.97 Å². The molecule has 0 spiro atoms. The Morgan fingerprint density at radius 2 is 2.05 bits per heavy atom. The van der Waals surface area contributed by atoms with Gasteiger partial charge in [0.2, 0.25) is 0 Å². The van der Waals surface area contributed by atoms with E-state index in [2.05, 4.69) is 34.1 Å². The van der Waals surface area contributed by atoms with E-state index in [9.17, 15) is 0 Å². The standard InChI is InChI=1S/C13H25N5O/c1-6-11-15-12(17-14)10(4)13(16-11)18(7-2)9(3)8-19-5/h9H,6-8,14H2,1-5H3,(H,15,16,17). The highest BCUT2D eigenvalue weighted by Crippen LogP contribution is 2.24. The molecule has 0 aromatic carbocycles. The van der Waals surface area contributed by atoms with Crippen LogP contribution in [0.5, 0.6) is 0 Å². The van der Waals surface area contributed by atoms with E-state index in [1.54, 1.807) is 7.11 Å². The molecule has 1 aromatic heterocycles. The van der Waals surface area contributed by atoms with Crippen LogP contribution < -0.4 is 16.2 Å². The van der Waals surface area contributed by atoms with Gasteiger partial charge in [-0.15, -0.1) is 0 Å². The average Bonchev–Trinajstić information content (AvgIpc) is 2.41. The summed E-state index contributed by atoms with van der Waals surface area (Å²) in [6, 6.07) is 0.249. The number of hydrazine groups is 1. The SMILES string of the molecule is CCc1nc(NN)c(C)c(N(CC)C(C)COC)n1. The third-order valence-corrected chi connectivity index (χ3v) is 3.17. The topological polar surface area (TPSA) is 76.3 Å². The number of aryl methyl sites for hydroxylation is 1. The molecule has 1 unspecified atom stereocenters. The van der Waals surface area contributed by atoms with Gasteiger partial charge in [0.15, 0.2) is 0 Å². The van der Waals surface area contributed by atoms with E-state index >= 15 is 0 Å². The lowest BCUT2D eigenvalue weighted by Crippen LogP contribution is -2.37. The number of likely N-dealkylation sites (N-methyl/N-ethyl adjacent to an activating group) is 1. The Morgan fingerprint density at radius 3 is 2.53 bits per heavy atom. The van der Waals surface area contributed by atoms with Crippen LogP contribution in [0.1, 0.15) is 32.2 Å². The first-order valence-electron chi connectivity index (χ1n) is 6.68. The maximum atomic E-state index is 5.54. The second-order valence-corrected chi connectivity index (χ2v) is 4.53. The molecule has 1 rings (SSSR count). The second-order valence-electron chi connectivity index (χ2n) is 4.53. The first-order chi connectivity index (χ1) is 9.08. The number of nitrogens with one attached hydrogen (secondary N) is 1. The normalized spacial score (nSPS) is 12.3. The highest BCUT2D eigenvalue weighted by molar-refractivity contribution is 5.58. The van der Waals surface area contributed by atoms with Gasteiger partial charge in [-0.1, -0.05) is 6.92 Å². The van der Waals surface area contributed by atoms with E-state index in [4.69, 9.17) is 10.6 Å². The van der Waals surface area contributed by atoms with Crippen molar-refractivity contribution < 1.29 is 4.74 Å². The number of hydrogen-bond acceptors (Lipinski definition) is 6. The average molecular weight is 267 g/mol. The van der Waals surface area contributed by atoms with Gasteiger partial charge in [-0.05, 0) is 20.8 Å². The minimum absolute atomic E-state index is 0.249. The molecule has 1 atom stereocenters. The molecule has 0 aliphatic carbocycles. The third-order valence-electron chi connectivity index (χ3n) is 3.17. The molecule has 108 valence electrons. The van der Waals surface area contributed by atoms with Gasteiger partial charge in [-0.2, -0.15) is 0 Å². The molecule has 0 radical (unpaired) electrons. The van der Waals surface area contributed by atoms with Crippen molar-refractivity contribution in [1.29, 1.82) is 0 Å². The second kappa shape index (κ2) is 7.25. The van der Waals surface area contributed by atoms with Crippen LogP contribution in [0.25, 0.3) is 0 Å². The van der Waals surface area contributed by atoms with Gasteiger partial charge in [-0.3, -0.25) is 0 Å². The number of rotatable bonds is 7. The quantitative estimate of drug-likeness (QED) is 0.576. The van der Waals surface area contributed by atoms with Crippen molar-refractivity contribution in [2.75, 3.05) is 30.6 Å². The highest BCUT2D eigenvalue weighted by Gasteiger charge is 2.19. The molecule has 1 heterocycles. The molecule has 0 fully saturated rings. The first kappa shape index (κ1) is 15.7. The molecule has 0 amide bonds. The first-order valence-corrected chi connectivity index (χ1v) is 6.68. The van der Waals surface area contributed by atoms with Crippen LogP contribution in [0.15, 0.2) is 0 Å². The number of ether oxygens (including phenoxy) is 1. The maximum absolute atomic E-state index is 5.54. The third kappa shape index (κ3) is 3.54. The van der Waals surface area contributed by atoms with Crippen molar-refractivity contribution in [3.8, 4) is 0 Å². The number of aromatic nitrogens is 2. The van der Waals surface area contributed by atoms with Crippen molar-refractivity contribution in [3.05, 3.63) is 11.4 Å². The number of nitrogen functional groups attached to an aromatic ring is 1. The highest BCUT2D eigenvalue weighted by atomic mass is 16.5. The van der Waals surface area contributed by atoms with Gasteiger partial charge in [0.1, 0.15) is 17.5 Å². The van der Waals surface area contributed by atoms with Crippen molar-refractivity contribution in [2.45, 2.75) is 40.2 Å². The van der Waals surface area contributed by atoms with Crippen molar-refractivity contribution >= 4 is 11.6 Å². The summed E-state index contributed by atoms with van der Waals surface area (Å²) in [4.78, 5) is 11.2. The molecule has 6 nitrogen and oxygen atoms in total. The zero-order valence-corrected chi connectivity index (χ0v) is 12.5. The smallest absolute Gasteiger partial charge is 0.148 e. The number of anilines is 2. The van der Waals surface area contributed by atoms with Gasteiger partial charge in [0, 0.05) is 25.6 Å². The summed E-state index contributed by atoms with van der Waals surface area (Å²) < 4.78 is 5.24. The summed E-state index contributed by atoms with van der Waals surface area (Å²) in [5, 5.41) is 0. The van der Waals surface area contributed by atoms with Crippen LogP contribution in [0.4, 0.5) is 11.6 Å². The van der Waals surface area contributed by atoms with Crippen molar-refractivity contribution in [3.63, 3.8) is 0 Å². The van der Waals surface area contributed by atoms with Gasteiger partial charge in [0.05, 0.1) is 12.6 Å². The van der Waals surface area contributed by atoms with Crippen LogP contribution in [-0.2, 0) is 11.2 Å². The molecule has 6 heteroatoms. The summed E-state index contributed by atoms with van der Waals surface area (Å²) in [6.45, 7) is 9.75. The van der Waals surface area contributed by atoms with Crippen LogP contribution in [0.2, 0.25) is 0 Å². The number of hydrogen-bond donors (Lipinski definition) is 2. The number of nitrogens with zero attached hydrogens (tertiary/aromatic N) is 3. The predicted octanol–water partition coefficient (Wildman–Crippen LogP) is 1.49. The summed E-state index contributed by atoms with van der Waals surface area (Å²) in [6.07, 6.45) is 0.776. The molecular formula is C13H25N5O. The summed E-state index contributed by atoms with van der Waals surface area (Å²) >= 11 is 0. The summed E-state index contributed by atoms with van der Waals surface area (Å²) in [5.74, 6) is 7.93. The fourth-order valence-electron chi connectivity index (χ4n) is 2.13. The fourth-order valence-corrected chi connectivity index (χ4v) is 2.13. The van der Waals surface area contributed by atoms with E-state index in [1.165, 1.54) is 0 Å². The Morgan fingerprint density at radius 1 is 1.37 bits per heavy atom. The van der Waals surface area contributed by atoms with Gasteiger partial charge < -0.3 is 15.1 Å². The lowest BCUT2D eigenvalue weighted by atomic mass is 10.2. The Bertz CT molecular complexity index is 410. The molecule has 19 heavy (non-hydrogen) atoms. The number of methoxy groups -OCH3 is 1. The molecule has 3 N–H and O–H groups in total. The maximum Gasteiger partial charge on any atom is 0.148 e. The number of nitrogens with two attached hydrogens (primary N) is 1. The molecule has 0 bridgehead atoms. The Hall–Kier alpha value is -1.40. The lowest BCUT2D eigenvalue weighted by Gasteiger charge is -2.30. The Balaban J connectivity index is 3.21. The largest absolute Gasteiger partial charge is 0.383 e. The Kier molecular flexibility index (Phi) is 5.98. The van der Waals surface area contributed by atoms with Crippen LogP contribution in [0.3, 0.4) is 0 Å². The predicted molar refractivity (Wildman–Crippen MR) is 78.3 cm³/mol. The van der Waals surface area contributed by atoms with Gasteiger partial charge >= 0.3 is 0 Å². The Labute approximate surface area is 115 Å². The molecule has 1 aromatic rings. The molecular weight excluding hydrogens is 242 g/mol. The minimum Gasteiger partial charge on any atom is -0.383 e. The van der Waals surface area contributed by atoms with E-state index in [0.29, 0.717) is 12.4 Å². The molecule has 0 saturated heterocycles. The monoisotopic (exact) mass is 267 g/mol. The van der Waals surface area contributed by atoms with Gasteiger partial charge in [-0.25, -0.2) is 15.8 Å². The molecule has 0 aliphatic heterocycles. The van der Waals surface area contributed by atoms with Crippen LogP contribution in [-0.4, -0.2) is 36.3 Å². The van der Waals surface area contributed by atoms with E-state index < -0.39 is 0 Å². The molecule has 0 aliphatic rings. The van der Waals surface area contributed by atoms with E-state index in [-0.39, 0.29) is 6.04 Å². The van der Waals surface area contributed by atoms with Crippen molar-refractivity contribution in [2.24, 2.45) is 5.84 Å². The van der Waals surface area contributed by atoms with Crippen LogP contribution >= 0.6 is 0 Å². The van der Waals surface area contributed by atoms with Gasteiger partial charge in [0.25, 0.3) is 0 Å². The lowest BCUT2D eigenvalue weighted by molar-refractivity contribution is 0.181. The van der Waals surface area contributed by atoms with Crippen LogP contribution in [0, 0.1) is 6.92 Å². The summed E-state index contributed by atoms with van der Waals surface area (Å²) in [5.41, 5.74) is 3.61. The fraction of sp³-hybridized carbons (Fsp3) is 0.692. The zero-order chi connectivity index (χ0) is 14.4. The molecule has 0 saturated carbocycles. The minimum atomic E-state index is 0.249. The zero-order valence-electron chi connectivity index (χ0n) is 12.5. The summed E-state index contributed by atoms with van der Waals surface area (Å²) in [7, 11) is 1.71. The van der Waals surface area contributed by atoms with E-state index in [1.807, 2.05) is 13.8 Å². The van der Waals surface area contributed by atoms with E-state index in [0.717, 1.165) is 30.2 Å².